The summed E-state index contributed by atoms with van der Waals surface area (Å²) in [5.41, 5.74) is 4.58. The minimum Gasteiger partial charge on any atom is -0.273 e. The summed E-state index contributed by atoms with van der Waals surface area (Å²) in [7, 11) is 0. The summed E-state index contributed by atoms with van der Waals surface area (Å²) < 4.78 is 0. The largest absolute Gasteiger partial charge is 0.273 e. The van der Waals surface area contributed by atoms with E-state index in [2.05, 4.69) is 10.5 Å². The smallest absolute Gasteiger partial charge is 0.244 e. The van der Waals surface area contributed by atoms with Crippen molar-refractivity contribution in [1.82, 2.24) is 5.43 Å². The Kier molecular flexibility index (Phi) is 4.71. The van der Waals surface area contributed by atoms with Gasteiger partial charge >= 0.3 is 0 Å². The third kappa shape index (κ3) is 4.19. The van der Waals surface area contributed by atoms with Gasteiger partial charge in [0.25, 0.3) is 0 Å². The van der Waals surface area contributed by atoms with Crippen molar-refractivity contribution in [1.29, 1.82) is 0 Å². The van der Waals surface area contributed by atoms with E-state index in [0.29, 0.717) is 5.02 Å². The van der Waals surface area contributed by atoms with E-state index in [-0.39, 0.29) is 12.3 Å². The molecule has 1 aromatic heterocycles. The Morgan fingerprint density at radius 2 is 2.11 bits per heavy atom. The van der Waals surface area contributed by atoms with E-state index >= 15 is 0 Å². The fraction of sp³-hybridized carbons (Fsp3) is 0.143. The second-order valence-corrected chi connectivity index (χ2v) is 5.45. The minimum atomic E-state index is -0.146. The number of carbonyl (C=O) groups excluding carboxylic acids is 1. The molecule has 0 bridgehead atoms. The molecule has 0 saturated carbocycles. The van der Waals surface area contributed by atoms with Gasteiger partial charge in [-0.05, 0) is 41.6 Å². The molecular formula is C14H13ClN2OS. The summed E-state index contributed by atoms with van der Waals surface area (Å²) in [6.45, 7) is 2.01. The van der Waals surface area contributed by atoms with Crippen LogP contribution in [-0.2, 0) is 11.2 Å². The highest BCUT2D eigenvalue weighted by atomic mass is 35.5. The van der Waals surface area contributed by atoms with E-state index in [9.17, 15) is 4.79 Å². The van der Waals surface area contributed by atoms with Gasteiger partial charge in [-0.1, -0.05) is 23.7 Å². The van der Waals surface area contributed by atoms with E-state index in [1.165, 1.54) is 0 Å². The molecule has 0 aliphatic carbocycles. The zero-order chi connectivity index (χ0) is 13.7. The topological polar surface area (TPSA) is 41.5 Å². The van der Waals surface area contributed by atoms with Crippen LogP contribution in [0.4, 0.5) is 0 Å². The number of halogens is 1. The molecule has 1 amide bonds. The molecule has 1 N–H and O–H groups in total. The number of hydrazone groups is 1. The Labute approximate surface area is 120 Å². The molecule has 98 valence electrons. The van der Waals surface area contributed by atoms with Crippen LogP contribution in [0.3, 0.4) is 0 Å². The Bertz CT molecular complexity index is 590. The monoisotopic (exact) mass is 292 g/mol. The van der Waals surface area contributed by atoms with Gasteiger partial charge in [-0.3, -0.25) is 4.79 Å². The molecule has 0 fully saturated rings. The highest BCUT2D eigenvalue weighted by Gasteiger charge is 2.02. The number of benzene rings is 1. The van der Waals surface area contributed by atoms with Gasteiger partial charge in [0, 0.05) is 9.90 Å². The van der Waals surface area contributed by atoms with E-state index < -0.39 is 0 Å². The lowest BCUT2D eigenvalue weighted by atomic mass is 10.1. The lowest BCUT2D eigenvalue weighted by Crippen LogP contribution is -2.19. The lowest BCUT2D eigenvalue weighted by Gasteiger charge is -2.00. The molecule has 1 aromatic carbocycles. The molecule has 0 spiro atoms. The van der Waals surface area contributed by atoms with Crippen LogP contribution >= 0.6 is 22.9 Å². The average Bonchev–Trinajstić information content (AvgIpc) is 2.78. The summed E-state index contributed by atoms with van der Waals surface area (Å²) >= 11 is 7.37. The molecule has 5 heteroatoms. The maximum Gasteiger partial charge on any atom is 0.244 e. The maximum atomic E-state index is 11.7. The maximum absolute atomic E-state index is 11.7. The van der Waals surface area contributed by atoms with Gasteiger partial charge in [0.2, 0.25) is 5.91 Å². The number of nitrogens with one attached hydrogen (secondary N) is 1. The van der Waals surface area contributed by atoms with Gasteiger partial charge in [-0.15, -0.1) is 11.3 Å². The molecule has 0 aliphatic heterocycles. The summed E-state index contributed by atoms with van der Waals surface area (Å²) in [6.07, 6.45) is 1.96. The number of aryl methyl sites for hydroxylation is 1. The first-order valence-electron chi connectivity index (χ1n) is 5.75. The van der Waals surface area contributed by atoms with Crippen LogP contribution in [0.5, 0.6) is 0 Å². The van der Waals surface area contributed by atoms with Gasteiger partial charge in [-0.2, -0.15) is 5.10 Å². The highest BCUT2D eigenvalue weighted by Crippen LogP contribution is 2.12. The van der Waals surface area contributed by atoms with Crippen molar-refractivity contribution in [2.75, 3.05) is 0 Å². The van der Waals surface area contributed by atoms with E-state index in [1.54, 1.807) is 29.7 Å². The molecule has 1 heterocycles. The van der Waals surface area contributed by atoms with Crippen LogP contribution in [0.25, 0.3) is 0 Å². The normalized spacial score (nSPS) is 10.8. The highest BCUT2D eigenvalue weighted by molar-refractivity contribution is 7.11. The van der Waals surface area contributed by atoms with Gasteiger partial charge in [0.15, 0.2) is 0 Å². The average molecular weight is 293 g/mol. The van der Waals surface area contributed by atoms with Gasteiger partial charge in [-0.25, -0.2) is 5.43 Å². The molecular weight excluding hydrogens is 280 g/mol. The van der Waals surface area contributed by atoms with Crippen molar-refractivity contribution in [3.8, 4) is 0 Å². The quantitative estimate of drug-likeness (QED) is 0.681. The molecule has 0 aliphatic rings. The second kappa shape index (κ2) is 6.50. The fourth-order valence-corrected chi connectivity index (χ4v) is 2.42. The number of carbonyl (C=O) groups is 1. The van der Waals surface area contributed by atoms with Crippen LogP contribution < -0.4 is 5.43 Å². The Balaban J connectivity index is 1.86. The van der Waals surface area contributed by atoms with Crippen LogP contribution in [0.1, 0.15) is 16.0 Å². The van der Waals surface area contributed by atoms with Crippen molar-refractivity contribution in [3.63, 3.8) is 0 Å². The molecule has 0 saturated heterocycles. The zero-order valence-electron chi connectivity index (χ0n) is 10.4. The van der Waals surface area contributed by atoms with E-state index in [0.717, 1.165) is 16.0 Å². The Hall–Kier alpha value is -1.65. The number of thiophene rings is 1. The van der Waals surface area contributed by atoms with Crippen molar-refractivity contribution >= 4 is 35.1 Å². The van der Waals surface area contributed by atoms with Crippen molar-refractivity contribution in [2.24, 2.45) is 5.10 Å². The molecule has 0 atom stereocenters. The van der Waals surface area contributed by atoms with E-state index in [1.807, 2.05) is 30.5 Å². The third-order valence-electron chi connectivity index (χ3n) is 2.55. The molecule has 2 rings (SSSR count). The van der Waals surface area contributed by atoms with Crippen molar-refractivity contribution in [2.45, 2.75) is 13.3 Å². The Morgan fingerprint density at radius 3 is 2.74 bits per heavy atom. The van der Waals surface area contributed by atoms with Crippen molar-refractivity contribution < 1.29 is 4.79 Å². The molecule has 0 unspecified atom stereocenters. The molecule has 19 heavy (non-hydrogen) atoms. The van der Waals surface area contributed by atoms with Crippen LogP contribution in [0.2, 0.25) is 5.02 Å². The molecule has 3 nitrogen and oxygen atoms in total. The van der Waals surface area contributed by atoms with Crippen LogP contribution in [0, 0.1) is 6.92 Å². The summed E-state index contributed by atoms with van der Waals surface area (Å²) in [6, 6.07) is 9.20. The standard InChI is InChI=1S/C14H13ClN2OS/c1-10-6-7-19-13(10)9-16-17-14(18)8-11-2-4-12(15)5-3-11/h2-7,9H,8H2,1H3,(H,17,18)/b16-9-. The zero-order valence-corrected chi connectivity index (χ0v) is 12.0. The number of hydrogen-bond acceptors (Lipinski definition) is 3. The first-order valence-corrected chi connectivity index (χ1v) is 7.01. The van der Waals surface area contributed by atoms with Gasteiger partial charge in [0.05, 0.1) is 12.6 Å². The molecule has 2 aromatic rings. The minimum absolute atomic E-state index is 0.146. The number of nitrogens with zero attached hydrogens (tertiary/aromatic N) is 1. The second-order valence-electron chi connectivity index (χ2n) is 4.06. The van der Waals surface area contributed by atoms with Gasteiger partial charge < -0.3 is 0 Å². The first kappa shape index (κ1) is 13.8. The van der Waals surface area contributed by atoms with E-state index in [4.69, 9.17) is 11.6 Å². The first-order chi connectivity index (χ1) is 9.15. The fourth-order valence-electron chi connectivity index (χ4n) is 1.51. The Morgan fingerprint density at radius 1 is 1.37 bits per heavy atom. The predicted octanol–water partition coefficient (Wildman–Crippen LogP) is 3.40. The van der Waals surface area contributed by atoms with Gasteiger partial charge in [0.1, 0.15) is 0 Å². The number of amides is 1. The molecule has 0 radical (unpaired) electrons. The predicted molar refractivity (Wildman–Crippen MR) is 79.9 cm³/mol. The van der Waals surface area contributed by atoms with Crippen molar-refractivity contribution in [3.05, 3.63) is 56.7 Å². The lowest BCUT2D eigenvalue weighted by molar-refractivity contribution is -0.120. The van der Waals surface area contributed by atoms with Crippen LogP contribution in [0.15, 0.2) is 40.8 Å². The summed E-state index contributed by atoms with van der Waals surface area (Å²) in [5, 5.41) is 6.60. The van der Waals surface area contributed by atoms with Crippen LogP contribution in [-0.4, -0.2) is 12.1 Å². The third-order valence-corrected chi connectivity index (χ3v) is 3.76. The SMILES string of the molecule is Cc1ccsc1/C=N\NC(=O)Cc1ccc(Cl)cc1. The summed E-state index contributed by atoms with van der Waals surface area (Å²) in [5.74, 6) is -0.146. The number of rotatable bonds is 4. The summed E-state index contributed by atoms with van der Waals surface area (Å²) in [4.78, 5) is 12.7. The number of hydrogen-bond donors (Lipinski definition) is 1.